The Kier molecular flexibility index (Phi) is 3.29. The molecule has 4 nitrogen and oxygen atoms in total. The normalized spacial score (nSPS) is 15.0. The summed E-state index contributed by atoms with van der Waals surface area (Å²) in [4.78, 5) is 18.7. The maximum absolute atomic E-state index is 11.6. The molecule has 4 heteroatoms. The van der Waals surface area contributed by atoms with Gasteiger partial charge in [0.05, 0.1) is 0 Å². The minimum atomic E-state index is -0.516. The van der Waals surface area contributed by atoms with Crippen molar-refractivity contribution in [2.24, 2.45) is 0 Å². The highest BCUT2D eigenvalue weighted by molar-refractivity contribution is 5.16. The van der Waals surface area contributed by atoms with E-state index in [1.807, 2.05) is 20.8 Å². The van der Waals surface area contributed by atoms with Crippen LogP contribution in [0.15, 0.2) is 4.79 Å². The quantitative estimate of drug-likeness (QED) is 0.825. The summed E-state index contributed by atoms with van der Waals surface area (Å²) in [6.07, 6.45) is 0.759. The zero-order valence-electron chi connectivity index (χ0n) is 9.97. The first-order chi connectivity index (χ1) is 6.94. The highest BCUT2D eigenvalue weighted by Gasteiger charge is 2.27. The number of H-pyrrole nitrogens is 1. The van der Waals surface area contributed by atoms with E-state index in [4.69, 9.17) is 4.74 Å². The van der Waals surface area contributed by atoms with E-state index >= 15 is 0 Å². The molecule has 84 valence electrons. The van der Waals surface area contributed by atoms with Crippen molar-refractivity contribution >= 4 is 0 Å². The number of hydrogen-bond acceptors (Lipinski definition) is 3. The van der Waals surface area contributed by atoms with E-state index in [-0.39, 0.29) is 5.56 Å². The predicted octanol–water partition coefficient (Wildman–Crippen LogP) is 1.66. The van der Waals surface area contributed by atoms with Crippen molar-refractivity contribution in [3.05, 3.63) is 27.4 Å². The van der Waals surface area contributed by atoms with Gasteiger partial charge in [-0.3, -0.25) is 4.79 Å². The van der Waals surface area contributed by atoms with E-state index in [0.717, 1.165) is 12.1 Å². The molecular weight excluding hydrogens is 192 g/mol. The van der Waals surface area contributed by atoms with Gasteiger partial charge < -0.3 is 9.72 Å². The minimum Gasteiger partial charge on any atom is -0.371 e. The zero-order chi connectivity index (χ0) is 11.6. The van der Waals surface area contributed by atoms with Crippen LogP contribution in [0.1, 0.15) is 37.4 Å². The SMILES string of the molecule is CCC(C)(OC)c1nc(C)c(C)c(=O)[nH]1. The summed E-state index contributed by atoms with van der Waals surface area (Å²) >= 11 is 0. The highest BCUT2D eigenvalue weighted by Crippen LogP contribution is 2.24. The molecule has 1 aromatic rings. The summed E-state index contributed by atoms with van der Waals surface area (Å²) in [7, 11) is 1.62. The van der Waals surface area contributed by atoms with Crippen LogP contribution in [0.25, 0.3) is 0 Å². The average Bonchev–Trinajstić information content (AvgIpc) is 2.24. The number of nitrogens with zero attached hydrogens (tertiary/aromatic N) is 1. The Morgan fingerprint density at radius 2 is 2.07 bits per heavy atom. The number of ether oxygens (including phenoxy) is 1. The lowest BCUT2D eigenvalue weighted by Crippen LogP contribution is -2.30. The molecule has 1 atom stereocenters. The Hall–Kier alpha value is -1.16. The van der Waals surface area contributed by atoms with Gasteiger partial charge in [-0.05, 0) is 27.2 Å². The van der Waals surface area contributed by atoms with Gasteiger partial charge in [0, 0.05) is 18.4 Å². The van der Waals surface area contributed by atoms with Crippen molar-refractivity contribution in [1.82, 2.24) is 9.97 Å². The summed E-state index contributed by atoms with van der Waals surface area (Å²) in [5.74, 6) is 0.598. The Morgan fingerprint density at radius 3 is 2.47 bits per heavy atom. The van der Waals surface area contributed by atoms with E-state index in [9.17, 15) is 4.79 Å². The molecule has 0 bridgehead atoms. The molecule has 1 heterocycles. The fraction of sp³-hybridized carbons (Fsp3) is 0.636. The van der Waals surface area contributed by atoms with Gasteiger partial charge in [0.25, 0.3) is 5.56 Å². The van der Waals surface area contributed by atoms with Crippen LogP contribution in [0.2, 0.25) is 0 Å². The monoisotopic (exact) mass is 210 g/mol. The van der Waals surface area contributed by atoms with Crippen LogP contribution in [-0.4, -0.2) is 17.1 Å². The fourth-order valence-corrected chi connectivity index (χ4v) is 1.30. The van der Waals surface area contributed by atoms with Gasteiger partial charge in [0.2, 0.25) is 0 Å². The Morgan fingerprint density at radius 1 is 1.47 bits per heavy atom. The van der Waals surface area contributed by atoms with Crippen molar-refractivity contribution in [3.63, 3.8) is 0 Å². The van der Waals surface area contributed by atoms with Gasteiger partial charge >= 0.3 is 0 Å². The molecule has 0 aliphatic heterocycles. The average molecular weight is 210 g/mol. The van der Waals surface area contributed by atoms with Crippen molar-refractivity contribution in [2.45, 2.75) is 39.7 Å². The number of aromatic nitrogens is 2. The molecule has 0 radical (unpaired) electrons. The van der Waals surface area contributed by atoms with Crippen molar-refractivity contribution in [1.29, 1.82) is 0 Å². The molecule has 1 unspecified atom stereocenters. The Balaban J connectivity index is 3.33. The lowest BCUT2D eigenvalue weighted by molar-refractivity contribution is -0.00933. The fourth-order valence-electron chi connectivity index (χ4n) is 1.30. The van der Waals surface area contributed by atoms with Crippen LogP contribution in [0, 0.1) is 13.8 Å². The summed E-state index contributed by atoms with van der Waals surface area (Å²) in [6.45, 7) is 7.51. The van der Waals surface area contributed by atoms with Gasteiger partial charge in [-0.15, -0.1) is 0 Å². The molecule has 0 saturated heterocycles. The van der Waals surface area contributed by atoms with Gasteiger partial charge in [-0.1, -0.05) is 6.92 Å². The van der Waals surface area contributed by atoms with Crippen LogP contribution in [0.4, 0.5) is 0 Å². The predicted molar refractivity (Wildman–Crippen MR) is 59.0 cm³/mol. The number of aryl methyl sites for hydroxylation is 1. The first kappa shape index (κ1) is 11.9. The zero-order valence-corrected chi connectivity index (χ0v) is 9.97. The highest BCUT2D eigenvalue weighted by atomic mass is 16.5. The second-order valence-corrected chi connectivity index (χ2v) is 3.91. The van der Waals surface area contributed by atoms with Crippen LogP contribution >= 0.6 is 0 Å². The minimum absolute atomic E-state index is 0.0887. The van der Waals surface area contributed by atoms with Gasteiger partial charge in [-0.25, -0.2) is 4.98 Å². The molecule has 0 saturated carbocycles. The molecule has 0 fully saturated rings. The lowest BCUT2D eigenvalue weighted by atomic mass is 10.0. The van der Waals surface area contributed by atoms with Crippen molar-refractivity contribution in [3.8, 4) is 0 Å². The lowest BCUT2D eigenvalue weighted by Gasteiger charge is -2.25. The second-order valence-electron chi connectivity index (χ2n) is 3.91. The molecule has 0 amide bonds. The summed E-state index contributed by atoms with van der Waals surface area (Å²) in [5, 5.41) is 0. The first-order valence-corrected chi connectivity index (χ1v) is 5.07. The third-order valence-electron chi connectivity index (χ3n) is 3.02. The maximum Gasteiger partial charge on any atom is 0.254 e. The van der Waals surface area contributed by atoms with Gasteiger partial charge in [0.15, 0.2) is 0 Å². The van der Waals surface area contributed by atoms with E-state index in [1.54, 1.807) is 14.0 Å². The Bertz CT molecular complexity index is 406. The molecule has 1 N–H and O–H groups in total. The van der Waals surface area contributed by atoms with Crippen molar-refractivity contribution < 1.29 is 4.74 Å². The smallest absolute Gasteiger partial charge is 0.254 e. The van der Waals surface area contributed by atoms with Gasteiger partial charge in [-0.2, -0.15) is 0 Å². The second kappa shape index (κ2) is 4.14. The van der Waals surface area contributed by atoms with E-state index in [2.05, 4.69) is 9.97 Å². The number of rotatable bonds is 3. The Labute approximate surface area is 89.7 Å². The number of nitrogens with one attached hydrogen (secondary N) is 1. The molecule has 15 heavy (non-hydrogen) atoms. The molecule has 0 spiro atoms. The standard InChI is InChI=1S/C11H18N2O2/c1-6-11(4,15-5)10-12-8(3)7(2)9(14)13-10/h6H2,1-5H3,(H,12,13,14). The summed E-state index contributed by atoms with van der Waals surface area (Å²) < 4.78 is 5.39. The molecule has 1 rings (SSSR count). The topological polar surface area (TPSA) is 55.0 Å². The van der Waals surface area contributed by atoms with E-state index < -0.39 is 5.60 Å². The van der Waals surface area contributed by atoms with Crippen LogP contribution < -0.4 is 5.56 Å². The summed E-state index contributed by atoms with van der Waals surface area (Å²) in [6, 6.07) is 0. The molecule has 0 aliphatic carbocycles. The number of hydrogen-bond donors (Lipinski definition) is 1. The number of aromatic amines is 1. The number of methoxy groups -OCH3 is 1. The van der Waals surface area contributed by atoms with E-state index in [0.29, 0.717) is 11.4 Å². The summed E-state index contributed by atoms with van der Waals surface area (Å²) in [5.41, 5.74) is 0.811. The van der Waals surface area contributed by atoms with Crippen LogP contribution in [0.5, 0.6) is 0 Å². The third-order valence-corrected chi connectivity index (χ3v) is 3.02. The largest absolute Gasteiger partial charge is 0.371 e. The first-order valence-electron chi connectivity index (χ1n) is 5.07. The van der Waals surface area contributed by atoms with E-state index in [1.165, 1.54) is 0 Å². The van der Waals surface area contributed by atoms with Gasteiger partial charge in [0.1, 0.15) is 11.4 Å². The molecule has 0 aliphatic rings. The van der Waals surface area contributed by atoms with Crippen molar-refractivity contribution in [2.75, 3.05) is 7.11 Å². The molecular formula is C11H18N2O2. The third kappa shape index (κ3) is 2.09. The molecule has 0 aromatic carbocycles. The van der Waals surface area contributed by atoms with Crippen LogP contribution in [-0.2, 0) is 10.3 Å². The van der Waals surface area contributed by atoms with Crippen LogP contribution in [0.3, 0.4) is 0 Å². The molecule has 1 aromatic heterocycles. The maximum atomic E-state index is 11.6.